The number of para-hydroxylation sites is 1. The van der Waals surface area contributed by atoms with Gasteiger partial charge in [0.25, 0.3) is 5.56 Å². The Morgan fingerprint density at radius 1 is 1.21 bits per heavy atom. The number of aryl methyl sites for hydroxylation is 3. The number of H-pyrrole nitrogens is 1. The molecule has 0 aliphatic heterocycles. The van der Waals surface area contributed by atoms with Gasteiger partial charge in [0.15, 0.2) is 11.4 Å². The summed E-state index contributed by atoms with van der Waals surface area (Å²) < 4.78 is 14.9. The fraction of sp³-hybridized carbons (Fsp3) is 0.250. The summed E-state index contributed by atoms with van der Waals surface area (Å²) in [5.41, 5.74) is 3.66. The number of carboxylic acid groups (broad SMARTS) is 1. The van der Waals surface area contributed by atoms with Gasteiger partial charge in [-0.1, -0.05) is 24.3 Å². The SMILES string of the molecule is Cc1[nH]n(CCCC(=O)O)c(=O)c1N=Nc1cccc(C2=Cc3cc(F)ccc3CC2)c1O. The van der Waals surface area contributed by atoms with Gasteiger partial charge in [-0.3, -0.25) is 19.4 Å². The van der Waals surface area contributed by atoms with Crippen molar-refractivity contribution in [1.82, 2.24) is 9.78 Å². The molecule has 1 heterocycles. The molecule has 1 aliphatic rings. The molecule has 0 fully saturated rings. The van der Waals surface area contributed by atoms with Gasteiger partial charge in [-0.25, -0.2) is 4.39 Å². The van der Waals surface area contributed by atoms with E-state index in [1.165, 1.54) is 16.8 Å². The third-order valence-electron chi connectivity index (χ3n) is 5.60. The highest BCUT2D eigenvalue weighted by atomic mass is 19.1. The van der Waals surface area contributed by atoms with Gasteiger partial charge in [-0.2, -0.15) is 0 Å². The summed E-state index contributed by atoms with van der Waals surface area (Å²) in [5.74, 6) is -1.31. The summed E-state index contributed by atoms with van der Waals surface area (Å²) in [6.07, 6.45) is 3.54. The number of azo groups is 1. The highest BCUT2D eigenvalue weighted by Crippen LogP contribution is 2.39. The van der Waals surface area contributed by atoms with Crippen LogP contribution in [0.25, 0.3) is 11.6 Å². The summed E-state index contributed by atoms with van der Waals surface area (Å²) >= 11 is 0. The summed E-state index contributed by atoms with van der Waals surface area (Å²) in [5, 5.41) is 30.6. The second-order valence-corrected chi connectivity index (χ2v) is 7.93. The van der Waals surface area contributed by atoms with E-state index in [4.69, 9.17) is 5.11 Å². The maximum Gasteiger partial charge on any atom is 0.303 e. The molecule has 0 atom stereocenters. The van der Waals surface area contributed by atoms with Crippen LogP contribution in [0.1, 0.15) is 41.6 Å². The number of halogens is 1. The monoisotopic (exact) mass is 450 g/mol. The average molecular weight is 450 g/mol. The number of carboxylic acids is 1. The molecule has 0 amide bonds. The number of hydrogen-bond acceptors (Lipinski definition) is 5. The van der Waals surface area contributed by atoms with Crippen LogP contribution in [0, 0.1) is 12.7 Å². The number of aliphatic carboxylic acids is 1. The highest BCUT2D eigenvalue weighted by molar-refractivity contribution is 5.88. The molecular formula is C24H23FN4O4. The van der Waals surface area contributed by atoms with E-state index in [0.717, 1.165) is 23.1 Å². The molecule has 9 heteroatoms. The van der Waals surface area contributed by atoms with Crippen LogP contribution >= 0.6 is 0 Å². The van der Waals surface area contributed by atoms with Crippen molar-refractivity contribution in [3.05, 3.63) is 75.0 Å². The number of allylic oxidation sites excluding steroid dienone is 1. The maximum atomic E-state index is 13.6. The fourth-order valence-corrected chi connectivity index (χ4v) is 3.90. The lowest BCUT2D eigenvalue weighted by molar-refractivity contribution is -0.137. The average Bonchev–Trinajstić information content (AvgIpc) is 3.05. The molecule has 0 spiro atoms. The molecule has 33 heavy (non-hydrogen) atoms. The Labute approximate surface area is 188 Å². The van der Waals surface area contributed by atoms with Gasteiger partial charge < -0.3 is 10.2 Å². The summed E-state index contributed by atoms with van der Waals surface area (Å²) in [6.45, 7) is 1.89. The van der Waals surface area contributed by atoms with Crippen LogP contribution in [-0.2, 0) is 17.8 Å². The van der Waals surface area contributed by atoms with Gasteiger partial charge in [-0.15, -0.1) is 10.2 Å². The Kier molecular flexibility index (Phi) is 6.21. The van der Waals surface area contributed by atoms with Crippen LogP contribution in [0.4, 0.5) is 15.8 Å². The molecule has 0 bridgehead atoms. The zero-order valence-electron chi connectivity index (χ0n) is 18.0. The third kappa shape index (κ3) is 4.77. The molecule has 8 nitrogen and oxygen atoms in total. The number of rotatable bonds is 7. The van der Waals surface area contributed by atoms with Crippen molar-refractivity contribution in [3.8, 4) is 5.75 Å². The van der Waals surface area contributed by atoms with E-state index in [9.17, 15) is 19.1 Å². The molecule has 1 aliphatic carbocycles. The lowest BCUT2D eigenvalue weighted by atomic mass is 9.88. The quantitative estimate of drug-likeness (QED) is 0.434. The van der Waals surface area contributed by atoms with E-state index in [1.54, 1.807) is 31.2 Å². The highest BCUT2D eigenvalue weighted by Gasteiger charge is 2.17. The smallest absolute Gasteiger partial charge is 0.303 e. The number of benzene rings is 2. The van der Waals surface area contributed by atoms with E-state index in [2.05, 4.69) is 15.3 Å². The molecule has 0 saturated carbocycles. The Balaban J connectivity index is 1.60. The Morgan fingerprint density at radius 2 is 2.03 bits per heavy atom. The number of fused-ring (bicyclic) bond motifs is 1. The fourth-order valence-electron chi connectivity index (χ4n) is 3.90. The molecule has 170 valence electrons. The van der Waals surface area contributed by atoms with Gasteiger partial charge in [0.2, 0.25) is 0 Å². The van der Waals surface area contributed by atoms with E-state index in [-0.39, 0.29) is 35.9 Å². The van der Waals surface area contributed by atoms with Crippen LogP contribution in [0.15, 0.2) is 51.4 Å². The van der Waals surface area contributed by atoms with Crippen LogP contribution in [0.3, 0.4) is 0 Å². The molecule has 4 rings (SSSR count). The van der Waals surface area contributed by atoms with E-state index in [0.29, 0.717) is 24.1 Å². The van der Waals surface area contributed by atoms with Crippen molar-refractivity contribution >= 4 is 29.0 Å². The van der Waals surface area contributed by atoms with E-state index < -0.39 is 11.5 Å². The topological polar surface area (TPSA) is 120 Å². The maximum absolute atomic E-state index is 13.6. The van der Waals surface area contributed by atoms with Gasteiger partial charge in [0, 0.05) is 18.5 Å². The Bertz CT molecular complexity index is 1340. The lowest BCUT2D eigenvalue weighted by Gasteiger charge is -2.18. The first-order valence-electron chi connectivity index (χ1n) is 10.6. The minimum absolute atomic E-state index is 0.0466. The molecule has 0 saturated heterocycles. The molecular weight excluding hydrogens is 427 g/mol. The number of phenolic OH excluding ortho intramolecular Hbond substituents is 1. The number of nitrogens with zero attached hydrogens (tertiary/aromatic N) is 3. The summed E-state index contributed by atoms with van der Waals surface area (Å²) in [7, 11) is 0. The first-order chi connectivity index (χ1) is 15.8. The van der Waals surface area contributed by atoms with Crippen LogP contribution in [-0.4, -0.2) is 26.0 Å². The number of aromatic nitrogens is 2. The lowest BCUT2D eigenvalue weighted by Crippen LogP contribution is -2.17. The Morgan fingerprint density at radius 3 is 2.82 bits per heavy atom. The number of nitrogens with one attached hydrogen (secondary N) is 1. The predicted molar refractivity (Wildman–Crippen MR) is 122 cm³/mol. The summed E-state index contributed by atoms with van der Waals surface area (Å²) in [4.78, 5) is 23.2. The molecule has 3 aromatic rings. The second kappa shape index (κ2) is 9.23. The van der Waals surface area contributed by atoms with E-state index >= 15 is 0 Å². The molecule has 3 N–H and O–H groups in total. The first-order valence-corrected chi connectivity index (χ1v) is 10.6. The Hall–Kier alpha value is -4.01. The van der Waals surface area contributed by atoms with Gasteiger partial charge >= 0.3 is 5.97 Å². The van der Waals surface area contributed by atoms with Gasteiger partial charge in [0.1, 0.15) is 11.5 Å². The van der Waals surface area contributed by atoms with Gasteiger partial charge in [-0.05, 0) is 61.1 Å². The van der Waals surface area contributed by atoms with Crippen molar-refractivity contribution in [2.24, 2.45) is 10.2 Å². The van der Waals surface area contributed by atoms with Crippen LogP contribution < -0.4 is 5.56 Å². The van der Waals surface area contributed by atoms with Crippen molar-refractivity contribution in [2.75, 3.05) is 0 Å². The van der Waals surface area contributed by atoms with Crippen LogP contribution in [0.2, 0.25) is 0 Å². The number of aromatic hydroxyl groups is 1. The standard InChI is InChI=1S/C24H23FN4O4/c1-14-22(24(33)29(28-14)11-3-6-21(30)31)27-26-20-5-2-4-19(23(20)32)16-8-7-15-9-10-18(25)13-17(15)12-16/h2,4-5,9-10,12-13,28,32H,3,6-8,11H2,1H3,(H,30,31). The first kappa shape index (κ1) is 22.2. The minimum Gasteiger partial charge on any atom is -0.505 e. The third-order valence-corrected chi connectivity index (χ3v) is 5.60. The predicted octanol–water partition coefficient (Wildman–Crippen LogP) is 5.10. The largest absolute Gasteiger partial charge is 0.505 e. The molecule has 2 aromatic carbocycles. The zero-order chi connectivity index (χ0) is 23.5. The van der Waals surface area contributed by atoms with E-state index in [1.807, 2.05) is 6.08 Å². The minimum atomic E-state index is -0.928. The van der Waals surface area contributed by atoms with Crippen molar-refractivity contribution in [2.45, 2.75) is 39.2 Å². The molecule has 1 aromatic heterocycles. The van der Waals surface area contributed by atoms with Gasteiger partial charge in [0.05, 0.1) is 5.69 Å². The van der Waals surface area contributed by atoms with Crippen molar-refractivity contribution in [1.29, 1.82) is 0 Å². The van der Waals surface area contributed by atoms with Crippen LogP contribution in [0.5, 0.6) is 5.75 Å². The molecule has 0 radical (unpaired) electrons. The molecule has 0 unspecified atom stereocenters. The normalized spacial score (nSPS) is 13.2. The summed E-state index contributed by atoms with van der Waals surface area (Å²) in [6, 6.07) is 9.79. The second-order valence-electron chi connectivity index (χ2n) is 7.93. The number of carbonyl (C=O) groups is 1. The number of hydrogen-bond donors (Lipinski definition) is 3. The number of phenols is 1. The zero-order valence-corrected chi connectivity index (χ0v) is 18.0. The number of aromatic amines is 1. The van der Waals surface area contributed by atoms with Crippen molar-refractivity contribution < 1.29 is 19.4 Å². The van der Waals surface area contributed by atoms with Crippen molar-refractivity contribution in [3.63, 3.8) is 0 Å².